The van der Waals surface area contributed by atoms with E-state index in [1.165, 1.54) is 20.0 Å². The lowest BCUT2D eigenvalue weighted by Gasteiger charge is -2.35. The minimum absolute atomic E-state index is 0.00672. The van der Waals surface area contributed by atoms with Gasteiger partial charge in [0.2, 0.25) is 5.91 Å². The van der Waals surface area contributed by atoms with E-state index < -0.39 is 5.41 Å². The standard InChI is InChI=1S/C23H32FN3O3/c1-30-22(29)27-14-12-26(13-15-27)18-8-9-19(20(24)16-18)23(10-11-23)21(28)25-17-6-4-2-3-5-7-17/h8-9,16-17H,2-7,10-15H2,1H3,(H,25,28). The molecular weight excluding hydrogens is 385 g/mol. The van der Waals surface area contributed by atoms with E-state index in [-0.39, 0.29) is 23.9 Å². The van der Waals surface area contributed by atoms with Crippen LogP contribution < -0.4 is 10.2 Å². The van der Waals surface area contributed by atoms with Gasteiger partial charge in [-0.15, -0.1) is 0 Å². The van der Waals surface area contributed by atoms with Crippen LogP contribution in [0.5, 0.6) is 0 Å². The van der Waals surface area contributed by atoms with Crippen LogP contribution in [0.15, 0.2) is 18.2 Å². The largest absolute Gasteiger partial charge is 0.453 e. The molecule has 2 saturated carbocycles. The molecule has 3 aliphatic rings. The van der Waals surface area contributed by atoms with Crippen LogP contribution in [0.2, 0.25) is 0 Å². The van der Waals surface area contributed by atoms with Crippen molar-refractivity contribution in [1.82, 2.24) is 10.2 Å². The van der Waals surface area contributed by atoms with Gasteiger partial charge < -0.3 is 19.9 Å². The Hall–Kier alpha value is -2.31. The van der Waals surface area contributed by atoms with Gasteiger partial charge in [0, 0.05) is 43.5 Å². The second kappa shape index (κ2) is 8.82. The highest BCUT2D eigenvalue weighted by Crippen LogP contribution is 2.50. The van der Waals surface area contributed by atoms with Gasteiger partial charge in [0.1, 0.15) is 5.82 Å². The Bertz CT molecular complexity index is 780. The van der Waals surface area contributed by atoms with E-state index in [1.54, 1.807) is 17.0 Å². The number of nitrogens with one attached hydrogen (secondary N) is 1. The molecule has 30 heavy (non-hydrogen) atoms. The third-order valence-corrected chi connectivity index (χ3v) is 6.92. The van der Waals surface area contributed by atoms with Gasteiger partial charge in [0.05, 0.1) is 12.5 Å². The molecule has 2 aliphatic carbocycles. The highest BCUT2D eigenvalue weighted by Gasteiger charge is 2.53. The lowest BCUT2D eigenvalue weighted by Crippen LogP contribution is -2.48. The summed E-state index contributed by atoms with van der Waals surface area (Å²) in [7, 11) is 1.38. The fourth-order valence-electron chi connectivity index (χ4n) is 4.86. The molecule has 0 spiro atoms. The predicted octanol–water partition coefficient (Wildman–Crippen LogP) is 3.58. The van der Waals surface area contributed by atoms with Crippen molar-refractivity contribution in [3.8, 4) is 0 Å². The number of methoxy groups -OCH3 is 1. The number of hydrogen-bond acceptors (Lipinski definition) is 4. The van der Waals surface area contributed by atoms with E-state index in [0.29, 0.717) is 44.6 Å². The monoisotopic (exact) mass is 417 g/mol. The predicted molar refractivity (Wildman–Crippen MR) is 113 cm³/mol. The van der Waals surface area contributed by atoms with Crippen molar-refractivity contribution in [2.24, 2.45) is 0 Å². The Morgan fingerprint density at radius 3 is 2.30 bits per heavy atom. The number of nitrogens with zero attached hydrogens (tertiary/aromatic N) is 2. The molecule has 1 aromatic carbocycles. The summed E-state index contributed by atoms with van der Waals surface area (Å²) in [6, 6.07) is 5.47. The quantitative estimate of drug-likeness (QED) is 0.761. The van der Waals surface area contributed by atoms with Gasteiger partial charge in [0.15, 0.2) is 0 Å². The number of halogens is 1. The van der Waals surface area contributed by atoms with Crippen LogP contribution in [-0.4, -0.2) is 56.2 Å². The molecule has 4 rings (SSSR count). The molecule has 1 saturated heterocycles. The normalized spacial score (nSPS) is 21.7. The van der Waals surface area contributed by atoms with Crippen LogP contribution in [0.25, 0.3) is 0 Å². The van der Waals surface area contributed by atoms with Gasteiger partial charge in [-0.2, -0.15) is 0 Å². The summed E-state index contributed by atoms with van der Waals surface area (Å²) in [6.07, 6.45) is 7.93. The summed E-state index contributed by atoms with van der Waals surface area (Å²) < 4.78 is 19.9. The molecule has 0 aromatic heterocycles. The molecular formula is C23H32FN3O3. The second-order valence-corrected chi connectivity index (χ2v) is 8.85. The van der Waals surface area contributed by atoms with Gasteiger partial charge in [-0.05, 0) is 37.8 Å². The van der Waals surface area contributed by atoms with E-state index >= 15 is 4.39 Å². The molecule has 0 radical (unpaired) electrons. The minimum Gasteiger partial charge on any atom is -0.453 e. The number of piperazine rings is 1. The van der Waals surface area contributed by atoms with Crippen molar-refractivity contribution in [3.63, 3.8) is 0 Å². The summed E-state index contributed by atoms with van der Waals surface area (Å²) in [6.45, 7) is 2.34. The summed E-state index contributed by atoms with van der Waals surface area (Å²) >= 11 is 0. The molecule has 0 bridgehead atoms. The van der Waals surface area contributed by atoms with Crippen molar-refractivity contribution in [2.45, 2.75) is 62.8 Å². The maximum Gasteiger partial charge on any atom is 0.409 e. The van der Waals surface area contributed by atoms with Crippen molar-refractivity contribution >= 4 is 17.7 Å². The Balaban J connectivity index is 1.41. The van der Waals surface area contributed by atoms with Gasteiger partial charge in [-0.25, -0.2) is 9.18 Å². The van der Waals surface area contributed by atoms with Crippen LogP contribution in [-0.2, 0) is 14.9 Å². The molecule has 1 heterocycles. The van der Waals surface area contributed by atoms with Crippen LogP contribution >= 0.6 is 0 Å². The Kier molecular flexibility index (Phi) is 6.16. The number of ether oxygens (including phenoxy) is 1. The first kappa shape index (κ1) is 20.9. The third-order valence-electron chi connectivity index (χ3n) is 6.92. The molecule has 1 N–H and O–H groups in total. The topological polar surface area (TPSA) is 61.9 Å². The smallest absolute Gasteiger partial charge is 0.409 e. The van der Waals surface area contributed by atoms with Crippen molar-refractivity contribution in [3.05, 3.63) is 29.6 Å². The number of rotatable bonds is 4. The number of anilines is 1. The number of carbonyl (C=O) groups excluding carboxylic acids is 2. The van der Waals surface area contributed by atoms with Gasteiger partial charge in [-0.3, -0.25) is 4.79 Å². The molecule has 164 valence electrons. The Labute approximate surface area is 177 Å². The number of benzene rings is 1. The van der Waals surface area contributed by atoms with Crippen LogP contribution in [0.4, 0.5) is 14.9 Å². The SMILES string of the molecule is COC(=O)N1CCN(c2ccc(C3(C(=O)NC4CCCCCC4)CC3)c(F)c2)CC1. The molecule has 3 fully saturated rings. The highest BCUT2D eigenvalue weighted by atomic mass is 19.1. The zero-order valence-electron chi connectivity index (χ0n) is 17.8. The van der Waals surface area contributed by atoms with Crippen LogP contribution in [0.1, 0.15) is 56.9 Å². The first-order valence-electron chi connectivity index (χ1n) is 11.2. The maximum absolute atomic E-state index is 15.1. The second-order valence-electron chi connectivity index (χ2n) is 8.85. The summed E-state index contributed by atoms with van der Waals surface area (Å²) in [5.41, 5.74) is 0.615. The Morgan fingerprint density at radius 2 is 1.73 bits per heavy atom. The molecule has 7 heteroatoms. The molecule has 2 amide bonds. The van der Waals surface area contributed by atoms with E-state index in [1.807, 2.05) is 6.07 Å². The fourth-order valence-corrected chi connectivity index (χ4v) is 4.86. The Morgan fingerprint density at radius 1 is 1.07 bits per heavy atom. The number of amides is 2. The first-order valence-corrected chi connectivity index (χ1v) is 11.2. The lowest BCUT2D eigenvalue weighted by atomic mass is 9.93. The van der Waals surface area contributed by atoms with Crippen LogP contribution in [0.3, 0.4) is 0 Å². The van der Waals surface area contributed by atoms with E-state index in [4.69, 9.17) is 4.74 Å². The zero-order chi connectivity index (χ0) is 21.1. The highest BCUT2D eigenvalue weighted by molar-refractivity contribution is 5.91. The van der Waals surface area contributed by atoms with Gasteiger partial charge >= 0.3 is 6.09 Å². The van der Waals surface area contributed by atoms with Crippen LogP contribution in [0, 0.1) is 5.82 Å². The van der Waals surface area contributed by atoms with Gasteiger partial charge in [-0.1, -0.05) is 31.7 Å². The third kappa shape index (κ3) is 4.25. The lowest BCUT2D eigenvalue weighted by molar-refractivity contribution is -0.124. The summed E-state index contributed by atoms with van der Waals surface area (Å²) in [5.74, 6) is -0.316. The van der Waals surface area contributed by atoms with Crippen molar-refractivity contribution in [1.29, 1.82) is 0 Å². The minimum atomic E-state index is -0.696. The van der Waals surface area contributed by atoms with E-state index in [0.717, 1.165) is 31.4 Å². The number of carbonyl (C=O) groups is 2. The first-order chi connectivity index (χ1) is 14.5. The molecule has 1 aliphatic heterocycles. The number of hydrogen-bond donors (Lipinski definition) is 1. The summed E-state index contributed by atoms with van der Waals surface area (Å²) in [5, 5.41) is 3.22. The van der Waals surface area contributed by atoms with Crippen molar-refractivity contribution in [2.75, 3.05) is 38.2 Å². The summed E-state index contributed by atoms with van der Waals surface area (Å²) in [4.78, 5) is 28.4. The average molecular weight is 418 g/mol. The maximum atomic E-state index is 15.1. The van der Waals surface area contributed by atoms with Crippen molar-refractivity contribution < 1.29 is 18.7 Å². The van der Waals surface area contributed by atoms with E-state index in [9.17, 15) is 9.59 Å². The van der Waals surface area contributed by atoms with E-state index in [2.05, 4.69) is 10.2 Å². The molecule has 0 unspecified atom stereocenters. The van der Waals surface area contributed by atoms with Gasteiger partial charge in [0.25, 0.3) is 0 Å². The fraction of sp³-hybridized carbons (Fsp3) is 0.652. The molecule has 1 aromatic rings. The average Bonchev–Trinajstić information content (AvgIpc) is 3.59. The molecule has 0 atom stereocenters. The zero-order valence-corrected chi connectivity index (χ0v) is 17.8. The molecule has 6 nitrogen and oxygen atoms in total.